The molecule has 0 aliphatic heterocycles. The quantitative estimate of drug-likeness (QED) is 0.581. The van der Waals surface area contributed by atoms with Gasteiger partial charge in [0.05, 0.1) is 6.04 Å². The Labute approximate surface area is 90.6 Å². The Morgan fingerprint density at radius 1 is 1.47 bits per heavy atom. The van der Waals surface area contributed by atoms with Gasteiger partial charge in [-0.1, -0.05) is 6.07 Å². The average Bonchev–Trinajstić information content (AvgIpc) is 2.17. The van der Waals surface area contributed by atoms with E-state index in [0.29, 0.717) is 12.0 Å². The second kappa shape index (κ2) is 5.34. The van der Waals surface area contributed by atoms with E-state index < -0.39 is 0 Å². The molecule has 1 atom stereocenters. The molecule has 0 aliphatic carbocycles. The third-order valence-corrected chi connectivity index (χ3v) is 1.94. The zero-order valence-electron chi connectivity index (χ0n) is 9.44. The van der Waals surface area contributed by atoms with Crippen LogP contribution in [-0.2, 0) is 0 Å². The van der Waals surface area contributed by atoms with Crippen molar-refractivity contribution >= 4 is 5.96 Å². The third kappa shape index (κ3) is 3.97. The summed E-state index contributed by atoms with van der Waals surface area (Å²) in [5.41, 5.74) is 6.79. The van der Waals surface area contributed by atoms with Gasteiger partial charge >= 0.3 is 0 Å². The molecule has 82 valence electrons. The molecule has 1 rings (SSSR count). The molecule has 15 heavy (non-hydrogen) atoms. The molecule has 0 saturated heterocycles. The van der Waals surface area contributed by atoms with Crippen molar-refractivity contribution in [2.45, 2.75) is 32.9 Å². The lowest BCUT2D eigenvalue weighted by atomic mass is 10.1. The fourth-order valence-corrected chi connectivity index (χ4v) is 1.24. The van der Waals surface area contributed by atoms with E-state index in [9.17, 15) is 0 Å². The SMILES string of the molecule is CC(C)NC(N)=NC(C)c1cccnc1. The fourth-order valence-electron chi connectivity index (χ4n) is 1.24. The summed E-state index contributed by atoms with van der Waals surface area (Å²) in [5, 5.41) is 3.05. The number of hydrogen-bond acceptors (Lipinski definition) is 2. The summed E-state index contributed by atoms with van der Waals surface area (Å²) in [7, 11) is 0. The van der Waals surface area contributed by atoms with E-state index in [2.05, 4.69) is 15.3 Å². The van der Waals surface area contributed by atoms with Crippen molar-refractivity contribution in [2.75, 3.05) is 0 Å². The Kier molecular flexibility index (Phi) is 4.09. The molecule has 0 spiro atoms. The summed E-state index contributed by atoms with van der Waals surface area (Å²) in [4.78, 5) is 8.37. The normalized spacial score (nSPS) is 14.0. The van der Waals surface area contributed by atoms with Crippen molar-refractivity contribution in [1.29, 1.82) is 0 Å². The molecule has 4 heteroatoms. The van der Waals surface area contributed by atoms with Crippen LogP contribution in [0.4, 0.5) is 0 Å². The first kappa shape index (κ1) is 11.5. The first-order chi connectivity index (χ1) is 7.09. The van der Waals surface area contributed by atoms with Gasteiger partial charge in [0.15, 0.2) is 5.96 Å². The molecular formula is C11H18N4. The molecule has 0 radical (unpaired) electrons. The topological polar surface area (TPSA) is 63.3 Å². The van der Waals surface area contributed by atoms with Gasteiger partial charge in [0, 0.05) is 18.4 Å². The summed E-state index contributed by atoms with van der Waals surface area (Å²) in [6, 6.07) is 4.22. The molecule has 4 nitrogen and oxygen atoms in total. The van der Waals surface area contributed by atoms with E-state index in [1.165, 1.54) is 0 Å². The van der Waals surface area contributed by atoms with Gasteiger partial charge in [-0.2, -0.15) is 0 Å². The van der Waals surface area contributed by atoms with Gasteiger partial charge in [-0.05, 0) is 32.4 Å². The van der Waals surface area contributed by atoms with E-state index in [0.717, 1.165) is 5.56 Å². The number of rotatable bonds is 3. The van der Waals surface area contributed by atoms with Crippen molar-refractivity contribution in [3.05, 3.63) is 30.1 Å². The molecule has 0 fully saturated rings. The minimum atomic E-state index is 0.0324. The molecule has 1 aromatic rings. The summed E-state index contributed by atoms with van der Waals surface area (Å²) in [6.07, 6.45) is 3.55. The number of nitrogens with two attached hydrogens (primary N) is 1. The van der Waals surface area contributed by atoms with Crippen molar-refractivity contribution < 1.29 is 0 Å². The molecule has 1 aromatic heterocycles. The van der Waals surface area contributed by atoms with Crippen LogP contribution >= 0.6 is 0 Å². The lowest BCUT2D eigenvalue weighted by Crippen LogP contribution is -2.36. The van der Waals surface area contributed by atoms with Crippen LogP contribution in [0.5, 0.6) is 0 Å². The zero-order chi connectivity index (χ0) is 11.3. The van der Waals surface area contributed by atoms with Crippen LogP contribution < -0.4 is 11.1 Å². The summed E-state index contributed by atoms with van der Waals surface area (Å²) in [5.74, 6) is 0.473. The Bertz CT molecular complexity index is 319. The van der Waals surface area contributed by atoms with Crippen LogP contribution in [0.2, 0.25) is 0 Å². The molecule has 0 bridgehead atoms. The number of nitrogens with zero attached hydrogens (tertiary/aromatic N) is 2. The van der Waals surface area contributed by atoms with Crippen LogP contribution in [0.15, 0.2) is 29.5 Å². The van der Waals surface area contributed by atoms with Crippen molar-refractivity contribution in [1.82, 2.24) is 10.3 Å². The highest BCUT2D eigenvalue weighted by molar-refractivity contribution is 5.78. The first-order valence-electron chi connectivity index (χ1n) is 5.09. The predicted molar refractivity (Wildman–Crippen MR) is 62.5 cm³/mol. The third-order valence-electron chi connectivity index (χ3n) is 1.94. The van der Waals surface area contributed by atoms with Gasteiger partial charge in [-0.25, -0.2) is 4.99 Å². The molecule has 0 aliphatic rings. The van der Waals surface area contributed by atoms with E-state index in [1.807, 2.05) is 32.9 Å². The Morgan fingerprint density at radius 3 is 2.73 bits per heavy atom. The van der Waals surface area contributed by atoms with Gasteiger partial charge in [0.25, 0.3) is 0 Å². The second-order valence-electron chi connectivity index (χ2n) is 3.78. The maximum atomic E-state index is 5.73. The standard InChI is InChI=1S/C11H18N4/c1-8(2)14-11(12)15-9(3)10-5-4-6-13-7-10/h4-9H,1-3H3,(H3,12,14,15). The van der Waals surface area contributed by atoms with Crippen molar-refractivity contribution in [3.8, 4) is 0 Å². The van der Waals surface area contributed by atoms with Crippen LogP contribution in [0.3, 0.4) is 0 Å². The Balaban J connectivity index is 2.66. The lowest BCUT2D eigenvalue weighted by Gasteiger charge is -2.11. The first-order valence-corrected chi connectivity index (χ1v) is 5.09. The molecule has 0 amide bonds. The van der Waals surface area contributed by atoms with E-state index in [4.69, 9.17) is 5.73 Å². The smallest absolute Gasteiger partial charge is 0.189 e. The Hall–Kier alpha value is -1.58. The number of hydrogen-bond donors (Lipinski definition) is 2. The van der Waals surface area contributed by atoms with Gasteiger partial charge < -0.3 is 11.1 Å². The minimum Gasteiger partial charge on any atom is -0.370 e. The second-order valence-corrected chi connectivity index (χ2v) is 3.78. The molecular weight excluding hydrogens is 188 g/mol. The summed E-state index contributed by atoms with van der Waals surface area (Å²) in [6.45, 7) is 6.04. The van der Waals surface area contributed by atoms with Crippen LogP contribution in [-0.4, -0.2) is 17.0 Å². The Morgan fingerprint density at radius 2 is 2.20 bits per heavy atom. The number of nitrogens with one attached hydrogen (secondary N) is 1. The number of pyridine rings is 1. The highest BCUT2D eigenvalue weighted by atomic mass is 15.1. The lowest BCUT2D eigenvalue weighted by molar-refractivity contribution is 0.710. The van der Waals surface area contributed by atoms with Gasteiger partial charge in [-0.15, -0.1) is 0 Å². The zero-order valence-corrected chi connectivity index (χ0v) is 9.44. The largest absolute Gasteiger partial charge is 0.370 e. The number of aromatic nitrogens is 1. The predicted octanol–water partition coefficient (Wildman–Crippen LogP) is 1.46. The molecule has 1 heterocycles. The highest BCUT2D eigenvalue weighted by Crippen LogP contribution is 2.13. The van der Waals surface area contributed by atoms with Crippen molar-refractivity contribution in [2.24, 2.45) is 10.7 Å². The number of guanidine groups is 1. The average molecular weight is 206 g/mol. The van der Waals surface area contributed by atoms with Crippen LogP contribution in [0.1, 0.15) is 32.4 Å². The van der Waals surface area contributed by atoms with Gasteiger partial charge in [0.1, 0.15) is 0 Å². The highest BCUT2D eigenvalue weighted by Gasteiger charge is 2.04. The summed E-state index contributed by atoms with van der Waals surface area (Å²) >= 11 is 0. The summed E-state index contributed by atoms with van der Waals surface area (Å²) < 4.78 is 0. The maximum absolute atomic E-state index is 5.73. The molecule has 3 N–H and O–H groups in total. The molecule has 0 aromatic carbocycles. The number of aliphatic imine (C=N–C) groups is 1. The molecule has 1 unspecified atom stereocenters. The van der Waals surface area contributed by atoms with E-state index in [1.54, 1.807) is 12.4 Å². The maximum Gasteiger partial charge on any atom is 0.189 e. The monoisotopic (exact) mass is 206 g/mol. The van der Waals surface area contributed by atoms with Crippen LogP contribution in [0, 0.1) is 0 Å². The fraction of sp³-hybridized carbons (Fsp3) is 0.455. The minimum absolute atomic E-state index is 0.0324. The van der Waals surface area contributed by atoms with E-state index >= 15 is 0 Å². The van der Waals surface area contributed by atoms with Gasteiger partial charge in [-0.3, -0.25) is 4.98 Å². The van der Waals surface area contributed by atoms with Crippen LogP contribution in [0.25, 0.3) is 0 Å². The van der Waals surface area contributed by atoms with Gasteiger partial charge in [0.2, 0.25) is 0 Å². The molecule has 0 saturated carbocycles. The van der Waals surface area contributed by atoms with Crippen molar-refractivity contribution in [3.63, 3.8) is 0 Å². The van der Waals surface area contributed by atoms with E-state index in [-0.39, 0.29) is 6.04 Å².